The number of rotatable bonds is 6. The predicted octanol–water partition coefficient (Wildman–Crippen LogP) is 1.79. The first-order valence-electron chi connectivity index (χ1n) is 7.05. The molecule has 1 aromatic carbocycles. The maximum atomic E-state index is 13.0. The first kappa shape index (κ1) is 18.3. The third-order valence-corrected chi connectivity index (χ3v) is 3.18. The zero-order chi connectivity index (χ0) is 18.2. The number of hydrogen-bond acceptors (Lipinski definition) is 5. The van der Waals surface area contributed by atoms with Crippen molar-refractivity contribution in [1.82, 2.24) is 10.3 Å². The molecule has 0 unspecified atom stereocenters. The van der Waals surface area contributed by atoms with E-state index in [0.717, 1.165) is 6.07 Å². The maximum absolute atomic E-state index is 13.0. The number of carbonyl (C=O) groups excluding carboxylic acids is 3. The number of amides is 2. The number of anilines is 1. The summed E-state index contributed by atoms with van der Waals surface area (Å²) in [6, 6.07) is 8.11. The van der Waals surface area contributed by atoms with Crippen LogP contribution in [0.3, 0.4) is 0 Å². The van der Waals surface area contributed by atoms with Gasteiger partial charge in [-0.15, -0.1) is 0 Å². The van der Waals surface area contributed by atoms with Crippen LogP contribution in [-0.4, -0.2) is 35.9 Å². The summed E-state index contributed by atoms with van der Waals surface area (Å²) in [6.45, 7) is -1.02. The number of nitrogens with one attached hydrogen (secondary N) is 2. The van der Waals surface area contributed by atoms with Gasteiger partial charge in [-0.1, -0.05) is 17.7 Å². The van der Waals surface area contributed by atoms with Crippen LogP contribution in [0.2, 0.25) is 5.15 Å². The largest absolute Gasteiger partial charge is 0.454 e. The first-order chi connectivity index (χ1) is 12.0. The molecule has 25 heavy (non-hydrogen) atoms. The Kier molecular flexibility index (Phi) is 6.41. The van der Waals surface area contributed by atoms with Crippen LogP contribution in [-0.2, 0) is 14.3 Å². The summed E-state index contributed by atoms with van der Waals surface area (Å²) in [7, 11) is 0. The van der Waals surface area contributed by atoms with Gasteiger partial charge in [0.2, 0.25) is 0 Å². The fraction of sp³-hybridized carbons (Fsp3) is 0.125. The highest BCUT2D eigenvalue weighted by Gasteiger charge is 2.12. The van der Waals surface area contributed by atoms with Crippen LogP contribution in [0.5, 0.6) is 0 Å². The molecule has 1 heterocycles. The molecule has 0 saturated heterocycles. The van der Waals surface area contributed by atoms with Crippen LogP contribution in [0, 0.1) is 5.82 Å². The van der Waals surface area contributed by atoms with E-state index in [1.807, 2.05) is 0 Å². The summed E-state index contributed by atoms with van der Waals surface area (Å²) in [6.07, 6.45) is 1.46. The third-order valence-electron chi connectivity index (χ3n) is 2.88. The second-order valence-corrected chi connectivity index (χ2v) is 5.10. The lowest BCUT2D eigenvalue weighted by Gasteiger charge is -2.08. The SMILES string of the molecule is O=C(COC(=O)CNC(=O)c1cccc(F)c1)Nc1cccnc1Cl. The minimum atomic E-state index is -0.822. The molecule has 0 aliphatic heterocycles. The molecular weight excluding hydrogens is 353 g/mol. The Bertz CT molecular complexity index is 800. The molecule has 0 fully saturated rings. The topological polar surface area (TPSA) is 97.4 Å². The summed E-state index contributed by atoms with van der Waals surface area (Å²) in [5.41, 5.74) is 0.349. The molecular formula is C16H13ClFN3O4. The fourth-order valence-corrected chi connectivity index (χ4v) is 1.91. The lowest BCUT2D eigenvalue weighted by molar-refractivity contribution is -0.146. The summed E-state index contributed by atoms with van der Waals surface area (Å²) in [5.74, 6) is -2.64. The fourth-order valence-electron chi connectivity index (χ4n) is 1.75. The quantitative estimate of drug-likeness (QED) is 0.600. The molecule has 7 nitrogen and oxygen atoms in total. The van der Waals surface area contributed by atoms with E-state index in [2.05, 4.69) is 15.6 Å². The number of aromatic nitrogens is 1. The van der Waals surface area contributed by atoms with Gasteiger partial charge >= 0.3 is 5.97 Å². The van der Waals surface area contributed by atoms with Crippen LogP contribution in [0.15, 0.2) is 42.6 Å². The van der Waals surface area contributed by atoms with E-state index in [0.29, 0.717) is 0 Å². The van der Waals surface area contributed by atoms with Gasteiger partial charge in [0.05, 0.1) is 5.69 Å². The average molecular weight is 366 g/mol. The van der Waals surface area contributed by atoms with Crippen molar-refractivity contribution in [2.24, 2.45) is 0 Å². The van der Waals surface area contributed by atoms with Crippen molar-refractivity contribution in [1.29, 1.82) is 0 Å². The van der Waals surface area contributed by atoms with E-state index < -0.39 is 36.8 Å². The Balaban J connectivity index is 1.74. The summed E-state index contributed by atoms with van der Waals surface area (Å²) >= 11 is 5.78. The molecule has 1 aromatic heterocycles. The summed E-state index contributed by atoms with van der Waals surface area (Å²) in [4.78, 5) is 38.7. The molecule has 2 aromatic rings. The number of esters is 1. The Morgan fingerprint density at radius 1 is 1.20 bits per heavy atom. The van der Waals surface area contributed by atoms with Crippen LogP contribution >= 0.6 is 11.6 Å². The van der Waals surface area contributed by atoms with Crippen molar-refractivity contribution in [3.63, 3.8) is 0 Å². The van der Waals surface area contributed by atoms with Crippen molar-refractivity contribution >= 4 is 35.1 Å². The van der Waals surface area contributed by atoms with Gasteiger partial charge in [-0.25, -0.2) is 9.37 Å². The maximum Gasteiger partial charge on any atom is 0.325 e. The molecule has 2 amide bonds. The smallest absolute Gasteiger partial charge is 0.325 e. The van der Waals surface area contributed by atoms with Crippen LogP contribution < -0.4 is 10.6 Å². The standard InChI is InChI=1S/C16H13ClFN3O4/c17-15-12(5-2-6-19-15)21-13(22)9-25-14(23)8-20-16(24)10-3-1-4-11(18)7-10/h1-7H,8-9H2,(H,20,24)(H,21,22). The van der Waals surface area contributed by atoms with Gasteiger partial charge in [-0.3, -0.25) is 14.4 Å². The van der Waals surface area contributed by atoms with Crippen molar-refractivity contribution in [3.05, 3.63) is 59.1 Å². The Morgan fingerprint density at radius 2 is 2.00 bits per heavy atom. The molecule has 2 rings (SSSR count). The molecule has 130 valence electrons. The predicted molar refractivity (Wildman–Crippen MR) is 87.6 cm³/mol. The minimum Gasteiger partial charge on any atom is -0.454 e. The van der Waals surface area contributed by atoms with Crippen LogP contribution in [0.25, 0.3) is 0 Å². The van der Waals surface area contributed by atoms with Gasteiger partial charge in [0.1, 0.15) is 12.4 Å². The molecule has 0 bridgehead atoms. The molecule has 2 N–H and O–H groups in total. The van der Waals surface area contributed by atoms with E-state index in [1.54, 1.807) is 6.07 Å². The number of halogens is 2. The molecule has 0 radical (unpaired) electrons. The highest BCUT2D eigenvalue weighted by atomic mass is 35.5. The van der Waals surface area contributed by atoms with Gasteiger partial charge in [0, 0.05) is 11.8 Å². The molecule has 0 saturated carbocycles. The molecule has 0 spiro atoms. The normalized spacial score (nSPS) is 10.0. The zero-order valence-corrected chi connectivity index (χ0v) is 13.5. The van der Waals surface area contributed by atoms with Crippen molar-refractivity contribution < 1.29 is 23.5 Å². The number of ether oxygens (including phenoxy) is 1. The molecule has 0 atom stereocenters. The number of carbonyl (C=O) groups is 3. The molecule has 0 aliphatic rings. The Hall–Kier alpha value is -3.00. The van der Waals surface area contributed by atoms with Gasteiger partial charge in [-0.2, -0.15) is 0 Å². The summed E-state index contributed by atoms with van der Waals surface area (Å²) in [5, 5.41) is 4.79. The van der Waals surface area contributed by atoms with E-state index >= 15 is 0 Å². The number of nitrogens with zero attached hydrogens (tertiary/aromatic N) is 1. The minimum absolute atomic E-state index is 0.0664. The van der Waals surface area contributed by atoms with Gasteiger partial charge in [-0.05, 0) is 30.3 Å². The van der Waals surface area contributed by atoms with Gasteiger partial charge < -0.3 is 15.4 Å². The third kappa shape index (κ3) is 5.85. The van der Waals surface area contributed by atoms with E-state index in [-0.39, 0.29) is 16.4 Å². The Morgan fingerprint density at radius 3 is 2.72 bits per heavy atom. The van der Waals surface area contributed by atoms with E-state index in [1.165, 1.54) is 30.5 Å². The zero-order valence-electron chi connectivity index (χ0n) is 12.8. The highest BCUT2D eigenvalue weighted by molar-refractivity contribution is 6.32. The number of pyridine rings is 1. The first-order valence-corrected chi connectivity index (χ1v) is 7.43. The second kappa shape index (κ2) is 8.74. The van der Waals surface area contributed by atoms with Crippen molar-refractivity contribution in [2.45, 2.75) is 0 Å². The summed E-state index contributed by atoms with van der Waals surface area (Å²) < 4.78 is 17.7. The van der Waals surface area contributed by atoms with Gasteiger partial charge in [0.25, 0.3) is 11.8 Å². The van der Waals surface area contributed by atoms with Crippen LogP contribution in [0.4, 0.5) is 10.1 Å². The van der Waals surface area contributed by atoms with Crippen LogP contribution in [0.1, 0.15) is 10.4 Å². The lowest BCUT2D eigenvalue weighted by atomic mass is 10.2. The lowest BCUT2D eigenvalue weighted by Crippen LogP contribution is -2.32. The number of benzene rings is 1. The van der Waals surface area contributed by atoms with Crippen molar-refractivity contribution in [3.8, 4) is 0 Å². The monoisotopic (exact) mass is 365 g/mol. The molecule has 0 aliphatic carbocycles. The molecule has 9 heteroatoms. The highest BCUT2D eigenvalue weighted by Crippen LogP contribution is 2.16. The average Bonchev–Trinajstić information content (AvgIpc) is 2.60. The second-order valence-electron chi connectivity index (χ2n) is 4.74. The Labute approximate surface area is 147 Å². The van der Waals surface area contributed by atoms with Gasteiger partial charge in [0.15, 0.2) is 11.8 Å². The van der Waals surface area contributed by atoms with E-state index in [9.17, 15) is 18.8 Å². The number of hydrogen-bond donors (Lipinski definition) is 2. The van der Waals surface area contributed by atoms with E-state index in [4.69, 9.17) is 16.3 Å². The van der Waals surface area contributed by atoms with Crippen molar-refractivity contribution in [2.75, 3.05) is 18.5 Å².